The van der Waals surface area contributed by atoms with Crippen molar-refractivity contribution >= 4 is 29.8 Å². The fourth-order valence-corrected chi connectivity index (χ4v) is 2.56. The number of carbonyl (C=O) groups is 5. The molecule has 0 saturated carbocycles. The van der Waals surface area contributed by atoms with Gasteiger partial charge in [0, 0.05) is 27.7 Å². The molecule has 0 bridgehead atoms. The highest BCUT2D eigenvalue weighted by atomic mass is 19.4. The molecule has 0 radical (unpaired) electrons. The van der Waals surface area contributed by atoms with Gasteiger partial charge in [0.25, 0.3) is 0 Å². The molecule has 0 spiro atoms. The minimum Gasteiger partial charge on any atom is -0.463 e. The van der Waals surface area contributed by atoms with Crippen molar-refractivity contribution in [3.8, 4) is 0 Å². The Balaban J connectivity index is 3.37. The van der Waals surface area contributed by atoms with E-state index in [0.717, 1.165) is 27.7 Å². The lowest BCUT2D eigenvalue weighted by molar-refractivity contribution is -0.259. The van der Waals surface area contributed by atoms with Gasteiger partial charge in [0.15, 0.2) is 24.5 Å². The van der Waals surface area contributed by atoms with Crippen molar-refractivity contribution in [2.75, 3.05) is 6.61 Å². The van der Waals surface area contributed by atoms with Crippen molar-refractivity contribution in [2.24, 2.45) is 0 Å². The number of halogens is 3. The molecule has 0 aromatic heterocycles. The Morgan fingerprint density at radius 1 is 0.800 bits per heavy atom. The molecule has 170 valence electrons. The lowest BCUT2D eigenvalue weighted by Crippen LogP contribution is -2.67. The molecule has 1 N–H and O–H groups in total. The summed E-state index contributed by atoms with van der Waals surface area (Å²) in [7, 11) is 0. The van der Waals surface area contributed by atoms with Crippen LogP contribution in [0.5, 0.6) is 0 Å². The topological polar surface area (TPSA) is 144 Å². The van der Waals surface area contributed by atoms with Crippen molar-refractivity contribution in [1.29, 1.82) is 0 Å². The molecule has 1 aliphatic rings. The lowest BCUT2D eigenvalue weighted by atomic mass is 9.97. The molecular weight excluding hydrogens is 423 g/mol. The SMILES string of the molecule is CC(=O)OC[C@H]1O[C@@H](NC(=O)C(F)(F)F)[C@H](OC(C)=O)[C@@H](OC(C)=O)[C@@H]1OC(C)=O. The molecule has 14 heteroatoms. The Morgan fingerprint density at radius 2 is 1.27 bits per heavy atom. The molecule has 1 rings (SSSR count). The van der Waals surface area contributed by atoms with E-state index in [2.05, 4.69) is 0 Å². The van der Waals surface area contributed by atoms with E-state index in [1.165, 1.54) is 5.32 Å². The highest BCUT2D eigenvalue weighted by Gasteiger charge is 2.54. The Bertz CT molecular complexity index is 695. The van der Waals surface area contributed by atoms with E-state index < -0.39 is 73.2 Å². The Labute approximate surface area is 168 Å². The molecule has 1 saturated heterocycles. The van der Waals surface area contributed by atoms with Crippen LogP contribution in [0.15, 0.2) is 0 Å². The molecule has 0 aromatic carbocycles. The Morgan fingerprint density at radius 3 is 1.70 bits per heavy atom. The van der Waals surface area contributed by atoms with E-state index >= 15 is 0 Å². The molecule has 1 heterocycles. The molecule has 0 aromatic rings. The zero-order valence-electron chi connectivity index (χ0n) is 16.3. The van der Waals surface area contributed by atoms with Crippen LogP contribution in [0, 0.1) is 0 Å². The Kier molecular flexibility index (Phi) is 8.57. The van der Waals surface area contributed by atoms with Crippen LogP contribution in [0.3, 0.4) is 0 Å². The zero-order chi connectivity index (χ0) is 23.2. The normalized spacial score (nSPS) is 26.2. The maximum absolute atomic E-state index is 12.7. The van der Waals surface area contributed by atoms with Gasteiger partial charge < -0.3 is 29.0 Å². The van der Waals surface area contributed by atoms with E-state index in [-0.39, 0.29) is 0 Å². The van der Waals surface area contributed by atoms with Crippen LogP contribution < -0.4 is 5.32 Å². The maximum atomic E-state index is 12.7. The monoisotopic (exact) mass is 443 g/mol. The average molecular weight is 443 g/mol. The number of amides is 1. The number of carbonyl (C=O) groups excluding carboxylic acids is 5. The quantitative estimate of drug-likeness (QED) is 0.431. The second kappa shape index (κ2) is 10.2. The first-order chi connectivity index (χ1) is 13.7. The minimum atomic E-state index is -5.32. The number of esters is 4. The summed E-state index contributed by atoms with van der Waals surface area (Å²) in [6, 6.07) is 0. The smallest absolute Gasteiger partial charge is 0.463 e. The van der Waals surface area contributed by atoms with Gasteiger partial charge in [-0.1, -0.05) is 0 Å². The van der Waals surface area contributed by atoms with Crippen LogP contribution in [0.25, 0.3) is 0 Å². The van der Waals surface area contributed by atoms with Crippen LogP contribution in [0.2, 0.25) is 0 Å². The summed E-state index contributed by atoms with van der Waals surface area (Å²) in [4.78, 5) is 57.0. The van der Waals surface area contributed by atoms with E-state index in [9.17, 15) is 37.1 Å². The van der Waals surface area contributed by atoms with Gasteiger partial charge in [-0.05, 0) is 0 Å². The standard InChI is InChI=1S/C16H20F3NO10/c1-6(21)26-5-10-11(27-7(2)22)12(28-8(3)23)13(29-9(4)24)14(30-10)20-15(25)16(17,18)19/h10-14H,5H2,1-4H3,(H,20,25)/t10-,11-,12+,13-,14-/m1/s1. The molecule has 1 aliphatic heterocycles. The van der Waals surface area contributed by atoms with Gasteiger partial charge in [-0.25, -0.2) is 0 Å². The van der Waals surface area contributed by atoms with Gasteiger partial charge in [0.1, 0.15) is 12.7 Å². The van der Waals surface area contributed by atoms with Crippen molar-refractivity contribution in [3.63, 3.8) is 0 Å². The maximum Gasteiger partial charge on any atom is 0.471 e. The highest BCUT2D eigenvalue weighted by molar-refractivity contribution is 5.82. The molecule has 5 atom stereocenters. The van der Waals surface area contributed by atoms with E-state index in [4.69, 9.17) is 23.7 Å². The predicted octanol–water partition coefficient (Wildman–Crippen LogP) is -0.252. The third kappa shape index (κ3) is 7.50. The molecule has 0 aliphatic carbocycles. The summed E-state index contributed by atoms with van der Waals surface area (Å²) in [6.07, 6.45) is -13.8. The van der Waals surface area contributed by atoms with Crippen molar-refractivity contribution in [3.05, 3.63) is 0 Å². The van der Waals surface area contributed by atoms with E-state index in [0.29, 0.717) is 0 Å². The number of hydrogen-bond donors (Lipinski definition) is 1. The highest BCUT2D eigenvalue weighted by Crippen LogP contribution is 2.29. The second-order valence-electron chi connectivity index (χ2n) is 6.09. The second-order valence-corrected chi connectivity index (χ2v) is 6.09. The number of nitrogens with one attached hydrogen (secondary N) is 1. The largest absolute Gasteiger partial charge is 0.471 e. The van der Waals surface area contributed by atoms with Gasteiger partial charge in [0.2, 0.25) is 0 Å². The first kappa shape index (κ1) is 25.1. The van der Waals surface area contributed by atoms with Gasteiger partial charge in [-0.2, -0.15) is 13.2 Å². The van der Waals surface area contributed by atoms with Crippen LogP contribution in [-0.2, 0) is 47.7 Å². The molecule has 1 amide bonds. The summed E-state index contributed by atoms with van der Waals surface area (Å²) < 4.78 is 63.1. The van der Waals surface area contributed by atoms with Crippen LogP contribution in [0.1, 0.15) is 27.7 Å². The van der Waals surface area contributed by atoms with Crippen molar-refractivity contribution in [2.45, 2.75) is 64.5 Å². The fourth-order valence-electron chi connectivity index (χ4n) is 2.56. The van der Waals surface area contributed by atoms with Gasteiger partial charge in [-0.3, -0.25) is 24.0 Å². The molecule has 30 heavy (non-hydrogen) atoms. The van der Waals surface area contributed by atoms with E-state index in [1.807, 2.05) is 0 Å². The molecule has 1 fully saturated rings. The molecular formula is C16H20F3NO10. The zero-order valence-corrected chi connectivity index (χ0v) is 16.3. The number of ether oxygens (including phenoxy) is 5. The van der Waals surface area contributed by atoms with E-state index in [1.54, 1.807) is 0 Å². The van der Waals surface area contributed by atoms with Gasteiger partial charge in [0.05, 0.1) is 0 Å². The average Bonchev–Trinajstić information content (AvgIpc) is 2.56. The van der Waals surface area contributed by atoms with Gasteiger partial charge in [-0.15, -0.1) is 0 Å². The van der Waals surface area contributed by atoms with Crippen LogP contribution in [0.4, 0.5) is 13.2 Å². The fraction of sp³-hybridized carbons (Fsp3) is 0.688. The Hall–Kier alpha value is -2.90. The third-order valence-corrected chi connectivity index (χ3v) is 3.52. The predicted molar refractivity (Wildman–Crippen MR) is 86.2 cm³/mol. The lowest BCUT2D eigenvalue weighted by Gasteiger charge is -2.44. The minimum absolute atomic E-state index is 0.643. The first-order valence-electron chi connectivity index (χ1n) is 8.40. The van der Waals surface area contributed by atoms with Gasteiger partial charge >= 0.3 is 36.0 Å². The van der Waals surface area contributed by atoms with Crippen LogP contribution in [-0.4, -0.2) is 73.2 Å². The summed E-state index contributed by atoms with van der Waals surface area (Å²) in [5.41, 5.74) is 0. The molecule has 11 nitrogen and oxygen atoms in total. The number of hydrogen-bond acceptors (Lipinski definition) is 10. The summed E-state index contributed by atoms with van der Waals surface area (Å²) >= 11 is 0. The van der Waals surface area contributed by atoms with Crippen molar-refractivity contribution < 1.29 is 60.8 Å². The number of alkyl halides is 3. The third-order valence-electron chi connectivity index (χ3n) is 3.52. The molecule has 0 unspecified atom stereocenters. The first-order valence-corrected chi connectivity index (χ1v) is 8.40. The summed E-state index contributed by atoms with van der Waals surface area (Å²) in [5, 5.41) is 1.47. The summed E-state index contributed by atoms with van der Waals surface area (Å²) in [6.45, 7) is 3.20. The number of rotatable bonds is 6. The van der Waals surface area contributed by atoms with Crippen LogP contribution >= 0.6 is 0 Å². The van der Waals surface area contributed by atoms with Crippen molar-refractivity contribution in [1.82, 2.24) is 5.32 Å². The summed E-state index contributed by atoms with van der Waals surface area (Å²) in [5.74, 6) is -6.14.